The molecule has 2 aliphatic rings. The fourth-order valence-corrected chi connectivity index (χ4v) is 2.24. The monoisotopic (exact) mass is 254 g/mol. The Morgan fingerprint density at radius 3 is 2.50 bits per heavy atom. The van der Waals surface area contributed by atoms with Gasteiger partial charge in [0.1, 0.15) is 12.1 Å². The molecule has 1 unspecified atom stereocenters. The summed E-state index contributed by atoms with van der Waals surface area (Å²) in [6.45, 7) is 2.02. The van der Waals surface area contributed by atoms with Crippen LogP contribution in [0.3, 0.4) is 0 Å². The molecule has 0 aromatic carbocycles. The van der Waals surface area contributed by atoms with E-state index >= 15 is 0 Å². The zero-order valence-electron chi connectivity index (χ0n) is 10.4. The first-order valence-electron chi connectivity index (χ1n) is 6.34. The van der Waals surface area contributed by atoms with Crippen molar-refractivity contribution in [2.45, 2.75) is 44.7 Å². The van der Waals surface area contributed by atoms with E-state index in [1.165, 1.54) is 6.92 Å². The molecule has 1 aliphatic carbocycles. The molecule has 18 heavy (non-hydrogen) atoms. The minimum absolute atomic E-state index is 0.0515. The molecule has 0 aromatic rings. The molecule has 2 atom stereocenters. The Balaban J connectivity index is 1.95. The number of rotatable bonds is 4. The normalized spacial score (nSPS) is 24.7. The van der Waals surface area contributed by atoms with Crippen molar-refractivity contribution in [3.05, 3.63) is 0 Å². The van der Waals surface area contributed by atoms with Crippen LogP contribution in [-0.2, 0) is 14.4 Å². The van der Waals surface area contributed by atoms with E-state index in [2.05, 4.69) is 5.32 Å². The molecule has 1 saturated carbocycles. The highest BCUT2D eigenvalue weighted by Gasteiger charge is 2.41. The number of nitrogens with zero attached hydrogens (tertiary/aromatic N) is 1. The van der Waals surface area contributed by atoms with Crippen molar-refractivity contribution in [3.8, 4) is 0 Å². The summed E-state index contributed by atoms with van der Waals surface area (Å²) in [6.07, 6.45) is 3.25. The van der Waals surface area contributed by atoms with Crippen molar-refractivity contribution in [2.24, 2.45) is 5.92 Å². The average Bonchev–Trinajstić information content (AvgIpc) is 3.04. The maximum absolute atomic E-state index is 12.0. The molecule has 6 nitrogen and oxygen atoms in total. The van der Waals surface area contributed by atoms with Gasteiger partial charge in [0.15, 0.2) is 0 Å². The molecule has 2 fully saturated rings. The van der Waals surface area contributed by atoms with E-state index in [1.54, 1.807) is 4.90 Å². The van der Waals surface area contributed by atoms with E-state index in [9.17, 15) is 14.4 Å². The summed E-state index contributed by atoms with van der Waals surface area (Å²) in [5.74, 6) is -1.27. The maximum atomic E-state index is 12.0. The second-order valence-electron chi connectivity index (χ2n) is 5.03. The van der Waals surface area contributed by atoms with Crippen LogP contribution >= 0.6 is 0 Å². The number of hydrogen-bond donors (Lipinski definition) is 2. The van der Waals surface area contributed by atoms with Crippen LogP contribution in [0.15, 0.2) is 0 Å². The second-order valence-corrected chi connectivity index (χ2v) is 5.03. The first kappa shape index (κ1) is 12.9. The number of aliphatic carboxylic acids is 1. The van der Waals surface area contributed by atoms with Gasteiger partial charge in [-0.3, -0.25) is 14.4 Å². The van der Waals surface area contributed by atoms with Crippen molar-refractivity contribution in [2.75, 3.05) is 6.54 Å². The van der Waals surface area contributed by atoms with Gasteiger partial charge in [-0.05, 0) is 32.6 Å². The third-order valence-electron chi connectivity index (χ3n) is 3.49. The summed E-state index contributed by atoms with van der Waals surface area (Å²) in [7, 11) is 0. The first-order chi connectivity index (χ1) is 8.50. The van der Waals surface area contributed by atoms with Gasteiger partial charge in [0.2, 0.25) is 11.8 Å². The van der Waals surface area contributed by atoms with Crippen LogP contribution in [0.4, 0.5) is 0 Å². The minimum atomic E-state index is -1.07. The topological polar surface area (TPSA) is 86.7 Å². The number of nitrogens with one attached hydrogen (secondary N) is 1. The third-order valence-corrected chi connectivity index (χ3v) is 3.49. The number of carboxylic acid groups (broad SMARTS) is 1. The van der Waals surface area contributed by atoms with E-state index in [0.717, 1.165) is 19.3 Å². The lowest BCUT2D eigenvalue weighted by Gasteiger charge is -2.24. The second kappa shape index (κ2) is 4.96. The molecule has 1 aliphatic heterocycles. The van der Waals surface area contributed by atoms with Gasteiger partial charge in [0.05, 0.1) is 0 Å². The van der Waals surface area contributed by atoms with Gasteiger partial charge in [0, 0.05) is 12.5 Å². The summed E-state index contributed by atoms with van der Waals surface area (Å²) >= 11 is 0. The maximum Gasteiger partial charge on any atom is 0.325 e. The summed E-state index contributed by atoms with van der Waals surface area (Å²) in [4.78, 5) is 36.2. The fraction of sp³-hybridized carbons (Fsp3) is 0.750. The fourth-order valence-electron chi connectivity index (χ4n) is 2.24. The zero-order chi connectivity index (χ0) is 13.3. The van der Waals surface area contributed by atoms with E-state index < -0.39 is 18.1 Å². The van der Waals surface area contributed by atoms with Gasteiger partial charge in [-0.25, -0.2) is 0 Å². The summed E-state index contributed by atoms with van der Waals surface area (Å²) < 4.78 is 0. The van der Waals surface area contributed by atoms with Crippen molar-refractivity contribution >= 4 is 17.8 Å². The number of amides is 2. The number of likely N-dealkylation sites (tertiary alicyclic amines) is 1. The Bertz CT molecular complexity index is 378. The lowest BCUT2D eigenvalue weighted by molar-refractivity contribution is -0.143. The Morgan fingerprint density at radius 1 is 1.28 bits per heavy atom. The molecule has 2 amide bonds. The molecule has 0 aromatic heterocycles. The SMILES string of the molecule is C[C@H](NC(=O)C1CCCN1C(=O)C1CC1)C(=O)O. The van der Waals surface area contributed by atoms with Gasteiger partial charge in [-0.1, -0.05) is 0 Å². The predicted molar refractivity (Wildman–Crippen MR) is 62.7 cm³/mol. The Kier molecular flexibility index (Phi) is 3.54. The van der Waals surface area contributed by atoms with Gasteiger partial charge in [0.25, 0.3) is 0 Å². The third kappa shape index (κ3) is 2.63. The predicted octanol–water partition coefficient (Wildman–Crippen LogP) is -0.0233. The molecule has 0 bridgehead atoms. The Morgan fingerprint density at radius 2 is 1.94 bits per heavy atom. The van der Waals surface area contributed by atoms with Crippen molar-refractivity contribution in [1.29, 1.82) is 0 Å². The highest BCUT2D eigenvalue weighted by molar-refractivity contribution is 5.91. The summed E-state index contributed by atoms with van der Waals surface area (Å²) in [5, 5.41) is 11.2. The largest absolute Gasteiger partial charge is 0.480 e. The molecule has 0 radical (unpaired) electrons. The quantitative estimate of drug-likeness (QED) is 0.738. The van der Waals surface area contributed by atoms with Crippen LogP contribution < -0.4 is 5.32 Å². The van der Waals surface area contributed by atoms with Crippen molar-refractivity contribution in [1.82, 2.24) is 10.2 Å². The Hall–Kier alpha value is -1.59. The molecular weight excluding hydrogens is 236 g/mol. The smallest absolute Gasteiger partial charge is 0.325 e. The first-order valence-corrected chi connectivity index (χ1v) is 6.34. The highest BCUT2D eigenvalue weighted by Crippen LogP contribution is 2.33. The molecule has 100 valence electrons. The molecule has 2 rings (SSSR count). The zero-order valence-corrected chi connectivity index (χ0v) is 10.4. The molecule has 2 N–H and O–H groups in total. The number of carboxylic acids is 1. The summed E-state index contributed by atoms with van der Waals surface area (Å²) in [5.41, 5.74) is 0. The van der Waals surface area contributed by atoms with Crippen LogP contribution in [0.5, 0.6) is 0 Å². The van der Waals surface area contributed by atoms with E-state index in [-0.39, 0.29) is 17.7 Å². The van der Waals surface area contributed by atoms with Crippen molar-refractivity contribution < 1.29 is 19.5 Å². The van der Waals surface area contributed by atoms with Gasteiger partial charge in [-0.15, -0.1) is 0 Å². The van der Waals surface area contributed by atoms with Gasteiger partial charge in [-0.2, -0.15) is 0 Å². The number of carbonyl (C=O) groups is 3. The minimum Gasteiger partial charge on any atom is -0.480 e. The van der Waals surface area contributed by atoms with E-state index in [4.69, 9.17) is 5.11 Å². The average molecular weight is 254 g/mol. The molecule has 1 saturated heterocycles. The van der Waals surface area contributed by atoms with E-state index in [1.807, 2.05) is 0 Å². The van der Waals surface area contributed by atoms with Gasteiger partial charge >= 0.3 is 5.97 Å². The Labute approximate surface area is 105 Å². The van der Waals surface area contributed by atoms with Crippen LogP contribution in [0.2, 0.25) is 0 Å². The standard InChI is InChI=1S/C12H18N2O4/c1-7(12(17)18)13-10(15)9-3-2-6-14(9)11(16)8-4-5-8/h7-9H,2-6H2,1H3,(H,13,15)(H,17,18)/t7-,9?/m0/s1. The van der Waals surface area contributed by atoms with Crippen LogP contribution in [-0.4, -0.2) is 46.4 Å². The van der Waals surface area contributed by atoms with Gasteiger partial charge < -0.3 is 15.3 Å². The lowest BCUT2D eigenvalue weighted by Crippen LogP contribution is -2.50. The van der Waals surface area contributed by atoms with Crippen LogP contribution in [0.25, 0.3) is 0 Å². The van der Waals surface area contributed by atoms with E-state index in [0.29, 0.717) is 13.0 Å². The van der Waals surface area contributed by atoms with Crippen LogP contribution in [0.1, 0.15) is 32.6 Å². The van der Waals surface area contributed by atoms with Crippen molar-refractivity contribution in [3.63, 3.8) is 0 Å². The lowest BCUT2D eigenvalue weighted by atomic mass is 10.2. The molecule has 0 spiro atoms. The number of hydrogen-bond acceptors (Lipinski definition) is 3. The molecular formula is C12H18N2O4. The molecule has 1 heterocycles. The highest BCUT2D eigenvalue weighted by atomic mass is 16.4. The summed E-state index contributed by atoms with van der Waals surface area (Å²) in [6, 6.07) is -1.41. The molecule has 6 heteroatoms. The van der Waals surface area contributed by atoms with Crippen LogP contribution in [0, 0.1) is 5.92 Å². The number of carbonyl (C=O) groups excluding carboxylic acids is 2.